The summed E-state index contributed by atoms with van der Waals surface area (Å²) in [6, 6.07) is 0. The number of aromatic carboxylic acids is 1. The predicted octanol–water partition coefficient (Wildman–Crippen LogP) is 2.32. The van der Waals surface area contributed by atoms with E-state index in [1.54, 1.807) is 0 Å². The molecule has 4 nitrogen and oxygen atoms in total. The van der Waals surface area contributed by atoms with Gasteiger partial charge in [0.1, 0.15) is 5.82 Å². The van der Waals surface area contributed by atoms with Crippen LogP contribution in [0.1, 0.15) is 65.8 Å². The Kier molecular flexibility index (Phi) is 2.16. The Balaban J connectivity index is 1.98. The lowest BCUT2D eigenvalue weighted by Gasteiger charge is -2.24. The van der Waals surface area contributed by atoms with Crippen molar-refractivity contribution in [1.29, 1.82) is 0 Å². The Bertz CT molecular complexity index is 437. The van der Waals surface area contributed by atoms with Crippen molar-refractivity contribution in [2.45, 2.75) is 43.9 Å². The van der Waals surface area contributed by atoms with Gasteiger partial charge in [-0.25, -0.2) is 14.8 Å². The van der Waals surface area contributed by atoms with Crippen molar-refractivity contribution in [2.75, 3.05) is 0 Å². The molecule has 0 atom stereocenters. The van der Waals surface area contributed by atoms with E-state index in [0.29, 0.717) is 17.4 Å². The average Bonchev–Trinajstić information content (AvgIpc) is 2.97. The van der Waals surface area contributed by atoms with Gasteiger partial charge in [0.05, 0.1) is 11.3 Å². The standard InChI is InChI=1S/C12H14N2O2/c15-12(16)9-6-13-11(8-2-1-3-8)14-10(9)7-4-5-7/h6-8H,1-5H2,(H,15,16). The SMILES string of the molecule is O=C(O)c1cnc(C2CCC2)nc1C1CC1. The third kappa shape index (κ3) is 1.58. The van der Waals surface area contributed by atoms with Crippen LogP contribution in [0, 0.1) is 0 Å². The van der Waals surface area contributed by atoms with Crippen molar-refractivity contribution < 1.29 is 9.90 Å². The molecule has 1 N–H and O–H groups in total. The molecule has 0 spiro atoms. The van der Waals surface area contributed by atoms with Gasteiger partial charge in [-0.15, -0.1) is 0 Å². The summed E-state index contributed by atoms with van der Waals surface area (Å²) in [4.78, 5) is 19.7. The minimum Gasteiger partial charge on any atom is -0.478 e. The number of carbonyl (C=O) groups is 1. The normalized spacial score (nSPS) is 20.5. The minimum atomic E-state index is -0.901. The van der Waals surface area contributed by atoms with Gasteiger partial charge in [0.25, 0.3) is 0 Å². The van der Waals surface area contributed by atoms with Crippen LogP contribution >= 0.6 is 0 Å². The van der Waals surface area contributed by atoms with E-state index in [1.165, 1.54) is 12.6 Å². The summed E-state index contributed by atoms with van der Waals surface area (Å²) >= 11 is 0. The van der Waals surface area contributed by atoms with Crippen LogP contribution in [0.5, 0.6) is 0 Å². The second-order valence-corrected chi connectivity index (χ2v) is 4.73. The molecule has 0 radical (unpaired) electrons. The molecule has 2 aliphatic carbocycles. The molecule has 0 bridgehead atoms. The van der Waals surface area contributed by atoms with Gasteiger partial charge in [0.15, 0.2) is 0 Å². The fraction of sp³-hybridized carbons (Fsp3) is 0.583. The van der Waals surface area contributed by atoms with E-state index >= 15 is 0 Å². The average molecular weight is 218 g/mol. The van der Waals surface area contributed by atoms with E-state index in [0.717, 1.165) is 37.2 Å². The predicted molar refractivity (Wildman–Crippen MR) is 57.6 cm³/mol. The van der Waals surface area contributed by atoms with Gasteiger partial charge in [-0.1, -0.05) is 6.42 Å². The Hall–Kier alpha value is -1.45. The molecule has 1 aromatic heterocycles. The van der Waals surface area contributed by atoms with Gasteiger partial charge >= 0.3 is 5.97 Å². The van der Waals surface area contributed by atoms with Gasteiger partial charge in [-0.2, -0.15) is 0 Å². The monoisotopic (exact) mass is 218 g/mol. The molecule has 0 unspecified atom stereocenters. The first-order valence-corrected chi connectivity index (χ1v) is 5.86. The van der Waals surface area contributed by atoms with Gasteiger partial charge in [-0.3, -0.25) is 0 Å². The van der Waals surface area contributed by atoms with Crippen LogP contribution in [-0.2, 0) is 0 Å². The molecular formula is C12H14N2O2. The quantitative estimate of drug-likeness (QED) is 0.845. The Labute approximate surface area is 93.7 Å². The van der Waals surface area contributed by atoms with Crippen LogP contribution in [0.25, 0.3) is 0 Å². The van der Waals surface area contributed by atoms with Gasteiger partial charge in [0, 0.05) is 18.0 Å². The summed E-state index contributed by atoms with van der Waals surface area (Å²) in [5.74, 6) is 0.800. The molecule has 1 heterocycles. The van der Waals surface area contributed by atoms with Crippen LogP contribution in [0.3, 0.4) is 0 Å². The summed E-state index contributed by atoms with van der Waals surface area (Å²) in [5.41, 5.74) is 1.06. The van der Waals surface area contributed by atoms with E-state index in [1.807, 2.05) is 0 Å². The molecule has 0 aliphatic heterocycles. The molecule has 2 fully saturated rings. The zero-order chi connectivity index (χ0) is 11.1. The number of aromatic nitrogens is 2. The number of nitrogens with zero attached hydrogens (tertiary/aromatic N) is 2. The topological polar surface area (TPSA) is 63.1 Å². The molecule has 2 saturated carbocycles. The zero-order valence-corrected chi connectivity index (χ0v) is 9.02. The number of carboxylic acid groups (broad SMARTS) is 1. The second-order valence-electron chi connectivity index (χ2n) is 4.73. The molecular weight excluding hydrogens is 204 g/mol. The molecule has 3 rings (SSSR count). The van der Waals surface area contributed by atoms with Gasteiger partial charge < -0.3 is 5.11 Å². The Morgan fingerprint density at radius 3 is 2.50 bits per heavy atom. The Morgan fingerprint density at radius 2 is 2.00 bits per heavy atom. The highest BCUT2D eigenvalue weighted by molar-refractivity contribution is 5.88. The summed E-state index contributed by atoms with van der Waals surface area (Å²) in [6.45, 7) is 0. The van der Waals surface area contributed by atoms with E-state index in [4.69, 9.17) is 5.11 Å². The van der Waals surface area contributed by atoms with Crippen molar-refractivity contribution in [3.8, 4) is 0 Å². The molecule has 0 aromatic carbocycles. The van der Waals surface area contributed by atoms with Crippen molar-refractivity contribution in [3.63, 3.8) is 0 Å². The van der Waals surface area contributed by atoms with Crippen molar-refractivity contribution in [2.24, 2.45) is 0 Å². The van der Waals surface area contributed by atoms with Crippen LogP contribution in [0.15, 0.2) is 6.20 Å². The van der Waals surface area contributed by atoms with Crippen LogP contribution < -0.4 is 0 Å². The summed E-state index contributed by atoms with van der Waals surface area (Å²) in [5, 5.41) is 9.06. The van der Waals surface area contributed by atoms with Crippen molar-refractivity contribution >= 4 is 5.97 Å². The van der Waals surface area contributed by atoms with E-state index in [9.17, 15) is 4.79 Å². The fourth-order valence-corrected chi connectivity index (χ4v) is 2.11. The van der Waals surface area contributed by atoms with Crippen molar-refractivity contribution in [1.82, 2.24) is 9.97 Å². The number of hydrogen-bond donors (Lipinski definition) is 1. The molecule has 4 heteroatoms. The van der Waals surface area contributed by atoms with E-state index in [2.05, 4.69) is 9.97 Å². The lowest BCUT2D eigenvalue weighted by atomic mass is 9.84. The Morgan fingerprint density at radius 1 is 1.25 bits per heavy atom. The summed E-state index contributed by atoms with van der Waals surface area (Å²) in [6.07, 6.45) is 7.18. The number of carboxylic acids is 1. The molecule has 84 valence electrons. The maximum absolute atomic E-state index is 11.0. The lowest BCUT2D eigenvalue weighted by molar-refractivity contribution is 0.0694. The fourth-order valence-electron chi connectivity index (χ4n) is 2.11. The highest BCUT2D eigenvalue weighted by Crippen LogP contribution is 2.42. The largest absolute Gasteiger partial charge is 0.478 e. The van der Waals surface area contributed by atoms with Gasteiger partial charge in [-0.05, 0) is 25.7 Å². The maximum Gasteiger partial charge on any atom is 0.339 e. The molecule has 16 heavy (non-hydrogen) atoms. The highest BCUT2D eigenvalue weighted by atomic mass is 16.4. The second kappa shape index (κ2) is 3.54. The molecule has 0 amide bonds. The third-order valence-electron chi connectivity index (χ3n) is 3.50. The first-order chi connectivity index (χ1) is 7.75. The number of hydrogen-bond acceptors (Lipinski definition) is 3. The van der Waals surface area contributed by atoms with Crippen LogP contribution in [0.4, 0.5) is 0 Å². The molecule has 1 aromatic rings. The first-order valence-electron chi connectivity index (χ1n) is 5.86. The highest BCUT2D eigenvalue weighted by Gasteiger charge is 2.32. The smallest absolute Gasteiger partial charge is 0.339 e. The minimum absolute atomic E-state index is 0.297. The maximum atomic E-state index is 11.0. The number of rotatable bonds is 3. The van der Waals surface area contributed by atoms with Crippen LogP contribution in [-0.4, -0.2) is 21.0 Å². The molecule has 0 saturated heterocycles. The summed E-state index contributed by atoms with van der Waals surface area (Å²) < 4.78 is 0. The van der Waals surface area contributed by atoms with Crippen molar-refractivity contribution in [3.05, 3.63) is 23.3 Å². The van der Waals surface area contributed by atoms with Gasteiger partial charge in [0.2, 0.25) is 0 Å². The van der Waals surface area contributed by atoms with Crippen LogP contribution in [0.2, 0.25) is 0 Å². The zero-order valence-electron chi connectivity index (χ0n) is 9.02. The summed E-state index contributed by atoms with van der Waals surface area (Å²) in [7, 11) is 0. The van der Waals surface area contributed by atoms with E-state index in [-0.39, 0.29) is 0 Å². The van der Waals surface area contributed by atoms with E-state index < -0.39 is 5.97 Å². The molecule has 2 aliphatic rings. The third-order valence-corrected chi connectivity index (χ3v) is 3.50. The lowest BCUT2D eigenvalue weighted by Crippen LogP contribution is -2.15. The first kappa shape index (κ1) is 9.75.